The van der Waals surface area contributed by atoms with Crippen molar-refractivity contribution in [2.75, 3.05) is 0 Å². The lowest BCUT2D eigenvalue weighted by atomic mass is 9.89. The first kappa shape index (κ1) is 8.28. The van der Waals surface area contributed by atoms with Crippen LogP contribution in [0.5, 0.6) is 0 Å². The summed E-state index contributed by atoms with van der Waals surface area (Å²) in [6.45, 7) is 0. The zero-order valence-corrected chi connectivity index (χ0v) is 7.86. The molecule has 3 amide bonds. The maximum atomic E-state index is 11.8. The third kappa shape index (κ3) is 0.918. The van der Waals surface area contributed by atoms with Crippen LogP contribution in [0.25, 0.3) is 6.20 Å². The molecular weight excluding hydrogens is 194 g/mol. The number of rotatable bonds is 0. The molecule has 1 aromatic heterocycles. The van der Waals surface area contributed by atoms with E-state index in [0.29, 0.717) is 6.42 Å². The second-order valence-electron chi connectivity index (χ2n) is 3.70. The van der Waals surface area contributed by atoms with E-state index in [4.69, 9.17) is 0 Å². The number of hydrogen-bond donors (Lipinski definition) is 2. The van der Waals surface area contributed by atoms with Gasteiger partial charge in [-0.2, -0.15) is 0 Å². The minimum absolute atomic E-state index is 0.281. The van der Waals surface area contributed by atoms with E-state index in [2.05, 4.69) is 10.6 Å². The topological polar surface area (TPSA) is 63.1 Å². The number of urea groups is 1. The van der Waals surface area contributed by atoms with Crippen molar-refractivity contribution >= 4 is 18.1 Å². The summed E-state index contributed by atoms with van der Waals surface area (Å²) in [5.41, 5.74) is -0.108. The highest BCUT2D eigenvalue weighted by molar-refractivity contribution is 6.07. The zero-order valence-electron chi connectivity index (χ0n) is 7.86. The van der Waals surface area contributed by atoms with Crippen LogP contribution in [0.1, 0.15) is 12.1 Å². The van der Waals surface area contributed by atoms with Gasteiger partial charge < -0.3 is 9.88 Å². The Morgan fingerprint density at radius 2 is 2.27 bits per heavy atom. The first-order chi connectivity index (χ1) is 7.22. The first-order valence-corrected chi connectivity index (χ1v) is 4.70. The minimum atomic E-state index is -0.907. The van der Waals surface area contributed by atoms with Crippen LogP contribution < -0.4 is 10.6 Å². The van der Waals surface area contributed by atoms with Gasteiger partial charge in [0, 0.05) is 18.8 Å². The van der Waals surface area contributed by atoms with Crippen LogP contribution in [0, 0.1) is 0 Å². The minimum Gasteiger partial charge on any atom is -0.325 e. The first-order valence-electron chi connectivity index (χ1n) is 4.70. The Hall–Kier alpha value is -2.04. The summed E-state index contributed by atoms with van der Waals surface area (Å²) in [5.74, 6) is -0.281. The highest BCUT2D eigenvalue weighted by Crippen LogP contribution is 2.32. The number of imide groups is 1. The van der Waals surface area contributed by atoms with Crippen LogP contribution >= 0.6 is 0 Å². The average Bonchev–Trinajstić information content (AvgIpc) is 2.74. The molecule has 0 aliphatic carbocycles. The molecule has 2 aliphatic heterocycles. The van der Waals surface area contributed by atoms with E-state index in [-0.39, 0.29) is 5.91 Å². The molecule has 15 heavy (non-hydrogen) atoms. The summed E-state index contributed by atoms with van der Waals surface area (Å²) in [7, 11) is 0. The van der Waals surface area contributed by atoms with Crippen molar-refractivity contribution in [3.8, 4) is 0 Å². The quantitative estimate of drug-likeness (QED) is 0.599. The van der Waals surface area contributed by atoms with E-state index in [9.17, 15) is 9.59 Å². The van der Waals surface area contributed by atoms with Gasteiger partial charge in [0.15, 0.2) is 5.54 Å². The smallest absolute Gasteiger partial charge is 0.322 e. The van der Waals surface area contributed by atoms with Crippen molar-refractivity contribution in [1.82, 2.24) is 15.2 Å². The second-order valence-corrected chi connectivity index (χ2v) is 3.70. The van der Waals surface area contributed by atoms with E-state index in [1.54, 1.807) is 0 Å². The molecule has 76 valence electrons. The lowest BCUT2D eigenvalue weighted by molar-refractivity contribution is -0.124. The Kier molecular flexibility index (Phi) is 1.38. The Morgan fingerprint density at radius 3 is 3.00 bits per heavy atom. The zero-order chi connectivity index (χ0) is 10.5. The average molecular weight is 203 g/mol. The molecule has 0 bridgehead atoms. The number of amides is 3. The number of aromatic nitrogens is 1. The monoisotopic (exact) mass is 203 g/mol. The molecular formula is C10H9N3O2. The molecule has 5 nitrogen and oxygen atoms in total. The molecule has 1 atom stereocenters. The van der Waals surface area contributed by atoms with Gasteiger partial charge in [0.2, 0.25) is 0 Å². The van der Waals surface area contributed by atoms with Crippen molar-refractivity contribution in [2.45, 2.75) is 12.0 Å². The maximum Gasteiger partial charge on any atom is 0.322 e. The van der Waals surface area contributed by atoms with Gasteiger partial charge in [0.05, 0.1) is 5.69 Å². The van der Waals surface area contributed by atoms with Crippen LogP contribution in [-0.2, 0) is 10.3 Å². The fraction of sp³-hybridized carbons (Fsp3) is 0.200. The number of fused-ring (bicyclic) bond motifs is 2. The molecule has 2 N–H and O–H groups in total. The molecule has 1 fully saturated rings. The van der Waals surface area contributed by atoms with E-state index < -0.39 is 11.6 Å². The third-order valence-corrected chi connectivity index (χ3v) is 2.85. The van der Waals surface area contributed by atoms with Crippen LogP contribution in [0.4, 0.5) is 4.79 Å². The predicted molar refractivity (Wildman–Crippen MR) is 52.7 cm³/mol. The van der Waals surface area contributed by atoms with Gasteiger partial charge >= 0.3 is 6.03 Å². The Balaban J connectivity index is 2.19. The van der Waals surface area contributed by atoms with Crippen molar-refractivity contribution < 1.29 is 9.59 Å². The molecule has 0 radical (unpaired) electrons. The summed E-state index contributed by atoms with van der Waals surface area (Å²) in [5, 5.41) is 4.96. The SMILES string of the molecule is O=C1NC(=O)C2(CC=Cn3cccc32)N1. The normalized spacial score (nSPS) is 27.7. The number of nitrogens with one attached hydrogen (secondary N) is 2. The number of nitrogens with zero attached hydrogens (tertiary/aromatic N) is 1. The van der Waals surface area contributed by atoms with Gasteiger partial charge in [-0.15, -0.1) is 0 Å². The van der Waals surface area contributed by atoms with E-state index >= 15 is 0 Å². The molecule has 1 saturated heterocycles. The van der Waals surface area contributed by atoms with Crippen molar-refractivity contribution in [3.63, 3.8) is 0 Å². The molecule has 3 heterocycles. The molecule has 2 aliphatic rings. The van der Waals surface area contributed by atoms with E-state index in [1.165, 1.54) is 0 Å². The number of carbonyl (C=O) groups excluding carboxylic acids is 2. The Labute approximate surface area is 85.8 Å². The van der Waals surface area contributed by atoms with Crippen LogP contribution in [-0.4, -0.2) is 16.5 Å². The largest absolute Gasteiger partial charge is 0.325 e. The summed E-state index contributed by atoms with van der Waals surface area (Å²) < 4.78 is 1.84. The lowest BCUT2D eigenvalue weighted by Gasteiger charge is -2.28. The number of hydrogen-bond acceptors (Lipinski definition) is 2. The molecule has 1 spiro atoms. The van der Waals surface area contributed by atoms with Crippen molar-refractivity contribution in [2.24, 2.45) is 0 Å². The molecule has 1 aromatic rings. The van der Waals surface area contributed by atoms with Gasteiger partial charge in [-0.25, -0.2) is 4.79 Å². The molecule has 5 heteroatoms. The molecule has 0 aromatic carbocycles. The summed E-state index contributed by atoms with van der Waals surface area (Å²) in [4.78, 5) is 23.0. The summed E-state index contributed by atoms with van der Waals surface area (Å²) in [6.07, 6.45) is 6.11. The van der Waals surface area contributed by atoms with E-state index in [0.717, 1.165) is 5.69 Å². The van der Waals surface area contributed by atoms with Crippen LogP contribution in [0.3, 0.4) is 0 Å². The highest BCUT2D eigenvalue weighted by Gasteiger charge is 2.49. The molecule has 1 unspecified atom stereocenters. The van der Waals surface area contributed by atoms with E-state index in [1.807, 2.05) is 35.2 Å². The maximum absolute atomic E-state index is 11.8. The van der Waals surface area contributed by atoms with Crippen LogP contribution in [0.15, 0.2) is 24.4 Å². The molecule has 0 saturated carbocycles. The predicted octanol–water partition coefficient (Wildman–Crippen LogP) is 0.397. The van der Waals surface area contributed by atoms with Gasteiger partial charge in [0.1, 0.15) is 0 Å². The lowest BCUT2D eigenvalue weighted by Crippen LogP contribution is -2.45. The Bertz CT molecular complexity index is 489. The summed E-state index contributed by atoms with van der Waals surface area (Å²) >= 11 is 0. The third-order valence-electron chi connectivity index (χ3n) is 2.85. The summed E-state index contributed by atoms with van der Waals surface area (Å²) in [6, 6.07) is 3.27. The van der Waals surface area contributed by atoms with Crippen LogP contribution in [0.2, 0.25) is 0 Å². The Morgan fingerprint density at radius 1 is 1.40 bits per heavy atom. The molecule has 3 rings (SSSR count). The number of carbonyl (C=O) groups is 2. The van der Waals surface area contributed by atoms with Crippen molar-refractivity contribution in [3.05, 3.63) is 30.1 Å². The fourth-order valence-electron chi connectivity index (χ4n) is 2.15. The second kappa shape index (κ2) is 2.50. The van der Waals surface area contributed by atoms with Crippen molar-refractivity contribution in [1.29, 1.82) is 0 Å². The van der Waals surface area contributed by atoms with Gasteiger partial charge in [-0.05, 0) is 12.1 Å². The highest BCUT2D eigenvalue weighted by atomic mass is 16.2. The standard InChI is InChI=1S/C10H9N3O2/c14-8-10(12-9(15)11-8)4-2-6-13-5-1-3-7(10)13/h1-3,5-6H,4H2,(H2,11,12,14,15). The van der Waals surface area contributed by atoms with Gasteiger partial charge in [0.25, 0.3) is 5.91 Å². The van der Waals surface area contributed by atoms with Gasteiger partial charge in [-0.1, -0.05) is 6.08 Å². The van der Waals surface area contributed by atoms with Gasteiger partial charge in [-0.3, -0.25) is 10.1 Å². The fourth-order valence-corrected chi connectivity index (χ4v) is 2.15.